The smallest absolute Gasteiger partial charge is 0.0810 e. The van der Waals surface area contributed by atoms with Crippen molar-refractivity contribution in [1.29, 1.82) is 0 Å². The Labute approximate surface area is 125 Å². The highest BCUT2D eigenvalue weighted by molar-refractivity contribution is 5.12. The van der Waals surface area contributed by atoms with Crippen molar-refractivity contribution < 1.29 is 4.74 Å². The number of hydrogen-bond acceptors (Lipinski definition) is 2. The van der Waals surface area contributed by atoms with Crippen molar-refractivity contribution in [2.24, 2.45) is 16.7 Å². The molecule has 0 aromatic carbocycles. The van der Waals surface area contributed by atoms with Crippen LogP contribution in [0.5, 0.6) is 0 Å². The maximum atomic E-state index is 6.89. The van der Waals surface area contributed by atoms with E-state index in [-0.39, 0.29) is 5.60 Å². The first kappa shape index (κ1) is 14.8. The van der Waals surface area contributed by atoms with Crippen molar-refractivity contribution in [3.63, 3.8) is 0 Å². The molecule has 20 heavy (non-hydrogen) atoms. The van der Waals surface area contributed by atoms with E-state index in [2.05, 4.69) is 33.1 Å². The van der Waals surface area contributed by atoms with Gasteiger partial charge in [-0.3, -0.25) is 0 Å². The highest BCUT2D eigenvalue weighted by Gasteiger charge is 2.62. The van der Waals surface area contributed by atoms with Crippen LogP contribution in [0.1, 0.15) is 72.1 Å². The summed E-state index contributed by atoms with van der Waals surface area (Å²) in [6.07, 6.45) is 11.2. The predicted octanol–water partition coefficient (Wildman–Crippen LogP) is 4.14. The van der Waals surface area contributed by atoms with Crippen molar-refractivity contribution in [2.45, 2.75) is 83.8 Å². The van der Waals surface area contributed by atoms with E-state index in [1.54, 1.807) is 0 Å². The minimum Gasteiger partial charge on any atom is -0.370 e. The third-order valence-electron chi connectivity index (χ3n) is 7.37. The minimum atomic E-state index is 0.126. The molecule has 3 fully saturated rings. The number of ether oxygens (including phenoxy) is 1. The molecule has 0 spiro atoms. The molecule has 3 aliphatic rings. The Kier molecular flexibility index (Phi) is 3.70. The molecule has 2 bridgehead atoms. The van der Waals surface area contributed by atoms with Crippen molar-refractivity contribution >= 4 is 0 Å². The zero-order valence-corrected chi connectivity index (χ0v) is 13.9. The standard InChI is InChI=1S/C18H33NO/c1-16(2)14-8-11-17(16,3)15(12-14)20-18(13-19-4)9-6-5-7-10-18/h14-15,19H,5-13H2,1-4H3. The Morgan fingerprint density at radius 2 is 1.75 bits per heavy atom. The van der Waals surface area contributed by atoms with Gasteiger partial charge in [0.1, 0.15) is 0 Å². The SMILES string of the molecule is CNCC1(OC2CC3CCC2(C)C3(C)C)CCCCC1. The van der Waals surface area contributed by atoms with Gasteiger partial charge in [0.05, 0.1) is 11.7 Å². The second-order valence-corrected chi connectivity index (χ2v) is 8.49. The lowest BCUT2D eigenvalue weighted by Gasteiger charge is -2.46. The Morgan fingerprint density at radius 1 is 1.05 bits per heavy atom. The first-order valence-corrected chi connectivity index (χ1v) is 8.76. The molecule has 0 heterocycles. The van der Waals surface area contributed by atoms with Crippen LogP contribution in [0, 0.1) is 16.7 Å². The Bertz CT molecular complexity index is 353. The zero-order valence-electron chi connectivity index (χ0n) is 13.9. The minimum absolute atomic E-state index is 0.126. The van der Waals surface area contributed by atoms with Gasteiger partial charge in [-0.05, 0) is 55.9 Å². The molecular weight excluding hydrogens is 246 g/mol. The summed E-state index contributed by atoms with van der Waals surface area (Å²) in [5.74, 6) is 0.882. The average molecular weight is 279 g/mol. The summed E-state index contributed by atoms with van der Waals surface area (Å²) < 4.78 is 6.89. The van der Waals surface area contributed by atoms with E-state index in [0.29, 0.717) is 16.9 Å². The van der Waals surface area contributed by atoms with Crippen LogP contribution in [0.2, 0.25) is 0 Å². The number of fused-ring (bicyclic) bond motifs is 2. The quantitative estimate of drug-likeness (QED) is 0.835. The average Bonchev–Trinajstić information content (AvgIpc) is 2.73. The normalized spacial score (nSPS) is 42.0. The van der Waals surface area contributed by atoms with Gasteiger partial charge >= 0.3 is 0 Å². The molecule has 0 radical (unpaired) electrons. The molecule has 0 aromatic heterocycles. The largest absolute Gasteiger partial charge is 0.370 e. The molecule has 0 saturated heterocycles. The van der Waals surface area contributed by atoms with Crippen LogP contribution in [0.4, 0.5) is 0 Å². The fourth-order valence-corrected chi connectivity index (χ4v) is 5.46. The van der Waals surface area contributed by atoms with Gasteiger partial charge < -0.3 is 10.1 Å². The van der Waals surface area contributed by atoms with Crippen molar-refractivity contribution in [3.8, 4) is 0 Å². The summed E-state index contributed by atoms with van der Waals surface area (Å²) in [7, 11) is 2.08. The van der Waals surface area contributed by atoms with E-state index in [4.69, 9.17) is 4.74 Å². The van der Waals surface area contributed by atoms with Crippen LogP contribution < -0.4 is 5.32 Å². The summed E-state index contributed by atoms with van der Waals surface area (Å²) in [6.45, 7) is 8.50. The molecular formula is C18H33NO. The molecule has 3 rings (SSSR count). The summed E-state index contributed by atoms with van der Waals surface area (Å²) in [6, 6.07) is 0. The second kappa shape index (κ2) is 4.98. The summed E-state index contributed by atoms with van der Waals surface area (Å²) in [5, 5.41) is 3.40. The highest BCUT2D eigenvalue weighted by Crippen LogP contribution is 2.66. The molecule has 1 N–H and O–H groups in total. The Morgan fingerprint density at radius 3 is 2.25 bits per heavy atom. The van der Waals surface area contributed by atoms with Crippen molar-refractivity contribution in [2.75, 3.05) is 13.6 Å². The molecule has 3 aliphatic carbocycles. The summed E-state index contributed by atoms with van der Waals surface area (Å²) >= 11 is 0. The topological polar surface area (TPSA) is 21.3 Å². The maximum Gasteiger partial charge on any atom is 0.0810 e. The lowest BCUT2D eigenvalue weighted by Crippen LogP contribution is -2.49. The Hall–Kier alpha value is -0.0800. The molecule has 3 atom stereocenters. The predicted molar refractivity (Wildman–Crippen MR) is 83.8 cm³/mol. The van der Waals surface area contributed by atoms with Crippen LogP contribution >= 0.6 is 0 Å². The van der Waals surface area contributed by atoms with E-state index in [0.717, 1.165) is 12.5 Å². The summed E-state index contributed by atoms with van der Waals surface area (Å²) in [5.41, 5.74) is 0.990. The second-order valence-electron chi connectivity index (χ2n) is 8.49. The van der Waals surface area contributed by atoms with Gasteiger partial charge in [0.25, 0.3) is 0 Å². The number of rotatable bonds is 4. The van der Waals surface area contributed by atoms with E-state index in [9.17, 15) is 0 Å². The first-order valence-electron chi connectivity index (χ1n) is 8.76. The van der Waals surface area contributed by atoms with Gasteiger partial charge in [0.15, 0.2) is 0 Å². The van der Waals surface area contributed by atoms with E-state index in [1.807, 2.05) is 0 Å². The van der Waals surface area contributed by atoms with Crippen LogP contribution in [0.3, 0.4) is 0 Å². The molecule has 116 valence electrons. The lowest BCUT2D eigenvalue weighted by atomic mass is 9.69. The van der Waals surface area contributed by atoms with Gasteiger partial charge in [0.2, 0.25) is 0 Å². The monoisotopic (exact) mass is 279 g/mol. The molecule has 2 nitrogen and oxygen atoms in total. The molecule has 0 aromatic rings. The first-order chi connectivity index (χ1) is 9.44. The molecule has 3 saturated carbocycles. The molecule has 0 aliphatic heterocycles. The third-order valence-corrected chi connectivity index (χ3v) is 7.37. The van der Waals surface area contributed by atoms with Crippen molar-refractivity contribution in [3.05, 3.63) is 0 Å². The molecule has 3 unspecified atom stereocenters. The van der Waals surface area contributed by atoms with Crippen LogP contribution in [0.15, 0.2) is 0 Å². The number of nitrogens with one attached hydrogen (secondary N) is 1. The van der Waals surface area contributed by atoms with Crippen LogP contribution in [-0.2, 0) is 4.74 Å². The maximum absolute atomic E-state index is 6.89. The Balaban J connectivity index is 1.77. The lowest BCUT2D eigenvalue weighted by molar-refractivity contribution is -0.155. The van der Waals surface area contributed by atoms with Gasteiger partial charge in [-0.1, -0.05) is 40.0 Å². The third kappa shape index (κ3) is 2.06. The fraction of sp³-hybridized carbons (Fsp3) is 1.00. The van der Waals surface area contributed by atoms with E-state index < -0.39 is 0 Å². The number of likely N-dealkylation sites (N-methyl/N-ethyl adjacent to an activating group) is 1. The van der Waals surface area contributed by atoms with E-state index in [1.165, 1.54) is 51.4 Å². The van der Waals surface area contributed by atoms with Crippen molar-refractivity contribution in [1.82, 2.24) is 5.32 Å². The van der Waals surface area contributed by atoms with Gasteiger partial charge in [-0.25, -0.2) is 0 Å². The fourth-order valence-electron chi connectivity index (χ4n) is 5.46. The highest BCUT2D eigenvalue weighted by atomic mass is 16.5. The molecule has 0 amide bonds. The van der Waals surface area contributed by atoms with E-state index >= 15 is 0 Å². The zero-order chi connectivity index (χ0) is 14.4. The number of hydrogen-bond donors (Lipinski definition) is 1. The van der Waals surface area contributed by atoms with Crippen LogP contribution in [-0.4, -0.2) is 25.3 Å². The van der Waals surface area contributed by atoms with Crippen LogP contribution in [0.25, 0.3) is 0 Å². The van der Waals surface area contributed by atoms with Gasteiger partial charge in [-0.15, -0.1) is 0 Å². The van der Waals surface area contributed by atoms with Gasteiger partial charge in [0, 0.05) is 6.54 Å². The van der Waals surface area contributed by atoms with Gasteiger partial charge in [-0.2, -0.15) is 0 Å². The summed E-state index contributed by atoms with van der Waals surface area (Å²) in [4.78, 5) is 0. The molecule has 2 heteroatoms.